The van der Waals surface area contributed by atoms with Gasteiger partial charge in [-0.25, -0.2) is 4.79 Å². The normalized spacial score (nSPS) is 12.6. The van der Waals surface area contributed by atoms with Gasteiger partial charge in [0.1, 0.15) is 0 Å². The lowest BCUT2D eigenvalue weighted by molar-refractivity contribution is -0.147. The first-order chi connectivity index (χ1) is 6.43. The third kappa shape index (κ3) is 2.34. The minimum absolute atomic E-state index is 0.336. The van der Waals surface area contributed by atoms with Crippen molar-refractivity contribution >= 4 is 37.8 Å². The quantitative estimate of drug-likeness (QED) is 0.879. The van der Waals surface area contributed by atoms with Crippen molar-refractivity contribution in [2.24, 2.45) is 0 Å². The number of carboxylic acids is 1. The molecule has 0 saturated carbocycles. The van der Waals surface area contributed by atoms with Crippen molar-refractivity contribution in [3.63, 3.8) is 0 Å². The van der Waals surface area contributed by atoms with Crippen LogP contribution in [-0.4, -0.2) is 16.2 Å². The standard InChI is InChI=1S/C9H8Br2O3/c1-4-2-5(10)7(6(11)3-4)8(12)9(13)14/h2-3,8,12H,1H3,(H,13,14). The van der Waals surface area contributed by atoms with Crippen LogP contribution >= 0.6 is 31.9 Å². The van der Waals surface area contributed by atoms with Crippen LogP contribution < -0.4 is 0 Å². The summed E-state index contributed by atoms with van der Waals surface area (Å²) >= 11 is 6.43. The Bertz CT molecular complexity index is 353. The topological polar surface area (TPSA) is 57.5 Å². The summed E-state index contributed by atoms with van der Waals surface area (Å²) < 4.78 is 1.17. The van der Waals surface area contributed by atoms with E-state index in [9.17, 15) is 9.90 Å². The lowest BCUT2D eigenvalue weighted by atomic mass is 10.1. The Morgan fingerprint density at radius 2 is 1.79 bits per heavy atom. The highest BCUT2D eigenvalue weighted by Gasteiger charge is 2.21. The number of benzene rings is 1. The fraction of sp³-hybridized carbons (Fsp3) is 0.222. The summed E-state index contributed by atoms with van der Waals surface area (Å²) in [6.07, 6.45) is -1.51. The molecule has 0 aliphatic carbocycles. The van der Waals surface area contributed by atoms with E-state index >= 15 is 0 Å². The van der Waals surface area contributed by atoms with Crippen molar-refractivity contribution in [2.75, 3.05) is 0 Å². The van der Waals surface area contributed by atoms with Crippen molar-refractivity contribution in [1.29, 1.82) is 0 Å². The molecule has 1 aromatic rings. The van der Waals surface area contributed by atoms with E-state index in [1.807, 2.05) is 6.92 Å². The number of hydrogen-bond acceptors (Lipinski definition) is 2. The minimum atomic E-state index is -1.51. The van der Waals surface area contributed by atoms with Crippen molar-refractivity contribution < 1.29 is 15.0 Å². The Balaban J connectivity index is 3.27. The third-order valence-electron chi connectivity index (χ3n) is 1.73. The monoisotopic (exact) mass is 322 g/mol. The maximum absolute atomic E-state index is 10.6. The molecule has 2 N–H and O–H groups in total. The van der Waals surface area contributed by atoms with Crippen LogP contribution in [0.3, 0.4) is 0 Å². The molecule has 14 heavy (non-hydrogen) atoms. The maximum atomic E-state index is 10.6. The van der Waals surface area contributed by atoms with Gasteiger partial charge >= 0.3 is 5.97 Å². The molecular weight excluding hydrogens is 316 g/mol. The summed E-state index contributed by atoms with van der Waals surface area (Å²) in [6, 6.07) is 3.51. The molecule has 0 aromatic heterocycles. The molecule has 0 heterocycles. The van der Waals surface area contributed by atoms with Crippen LogP contribution in [-0.2, 0) is 4.79 Å². The van der Waals surface area contributed by atoms with Crippen LogP contribution in [0, 0.1) is 6.92 Å². The highest BCUT2D eigenvalue weighted by atomic mass is 79.9. The molecule has 1 unspecified atom stereocenters. The van der Waals surface area contributed by atoms with E-state index < -0.39 is 12.1 Å². The zero-order valence-electron chi connectivity index (χ0n) is 7.29. The van der Waals surface area contributed by atoms with Crippen molar-refractivity contribution in [3.05, 3.63) is 32.2 Å². The summed E-state index contributed by atoms with van der Waals surface area (Å²) in [4.78, 5) is 10.6. The summed E-state index contributed by atoms with van der Waals surface area (Å²) in [5, 5.41) is 18.1. The Hall–Kier alpha value is -0.390. The largest absolute Gasteiger partial charge is 0.479 e. The Morgan fingerprint density at radius 1 is 1.36 bits per heavy atom. The number of hydrogen-bond donors (Lipinski definition) is 2. The van der Waals surface area contributed by atoms with Crippen LogP contribution in [0.25, 0.3) is 0 Å². The van der Waals surface area contributed by atoms with Crippen molar-refractivity contribution in [3.8, 4) is 0 Å². The van der Waals surface area contributed by atoms with Gasteiger partial charge in [0.2, 0.25) is 0 Å². The van der Waals surface area contributed by atoms with Crippen LogP contribution in [0.5, 0.6) is 0 Å². The first kappa shape index (κ1) is 11.7. The Morgan fingerprint density at radius 3 is 2.14 bits per heavy atom. The van der Waals surface area contributed by atoms with Crippen LogP contribution in [0.4, 0.5) is 0 Å². The second-order valence-corrected chi connectivity index (χ2v) is 4.59. The molecular formula is C9H8Br2O3. The predicted molar refractivity (Wildman–Crippen MR) is 59.2 cm³/mol. The fourth-order valence-electron chi connectivity index (χ4n) is 1.10. The highest BCUT2D eigenvalue weighted by molar-refractivity contribution is 9.11. The van der Waals surface area contributed by atoms with Gasteiger partial charge in [0.05, 0.1) is 0 Å². The summed E-state index contributed by atoms with van der Waals surface area (Å²) in [5.41, 5.74) is 1.31. The number of halogens is 2. The van der Waals surface area contributed by atoms with E-state index in [2.05, 4.69) is 31.9 Å². The van der Waals surface area contributed by atoms with Gasteiger partial charge in [0.25, 0.3) is 0 Å². The lowest BCUT2D eigenvalue weighted by Crippen LogP contribution is -2.11. The van der Waals surface area contributed by atoms with E-state index in [1.54, 1.807) is 12.1 Å². The van der Waals surface area contributed by atoms with Gasteiger partial charge in [-0.15, -0.1) is 0 Å². The van der Waals surface area contributed by atoms with Crippen LogP contribution in [0.15, 0.2) is 21.1 Å². The Kier molecular flexibility index (Phi) is 3.69. The molecule has 0 bridgehead atoms. The molecule has 0 amide bonds. The zero-order valence-corrected chi connectivity index (χ0v) is 10.5. The highest BCUT2D eigenvalue weighted by Crippen LogP contribution is 2.32. The molecule has 1 atom stereocenters. The van der Waals surface area contributed by atoms with Crippen molar-refractivity contribution in [2.45, 2.75) is 13.0 Å². The molecule has 1 rings (SSSR count). The van der Waals surface area contributed by atoms with Gasteiger partial charge in [0, 0.05) is 14.5 Å². The Labute approximate surface area is 98.0 Å². The number of aliphatic hydroxyl groups excluding tert-OH is 1. The molecule has 5 heteroatoms. The molecule has 1 aromatic carbocycles. The molecule has 0 aliphatic heterocycles. The molecule has 3 nitrogen and oxygen atoms in total. The first-order valence-corrected chi connectivity index (χ1v) is 5.38. The average molecular weight is 324 g/mol. The second-order valence-electron chi connectivity index (χ2n) is 2.88. The van der Waals surface area contributed by atoms with E-state index in [4.69, 9.17) is 5.11 Å². The number of carbonyl (C=O) groups is 1. The van der Waals surface area contributed by atoms with Gasteiger partial charge in [-0.05, 0) is 24.6 Å². The smallest absolute Gasteiger partial charge is 0.337 e. The van der Waals surface area contributed by atoms with Crippen LogP contribution in [0.2, 0.25) is 0 Å². The van der Waals surface area contributed by atoms with E-state index in [-0.39, 0.29) is 0 Å². The zero-order chi connectivity index (χ0) is 10.9. The van der Waals surface area contributed by atoms with E-state index in [0.29, 0.717) is 14.5 Å². The average Bonchev–Trinajstić information content (AvgIpc) is 2.01. The van der Waals surface area contributed by atoms with Gasteiger partial charge in [0.15, 0.2) is 6.10 Å². The molecule has 0 fully saturated rings. The lowest BCUT2D eigenvalue weighted by Gasteiger charge is -2.11. The number of aliphatic hydroxyl groups is 1. The SMILES string of the molecule is Cc1cc(Br)c(C(O)C(=O)O)c(Br)c1. The summed E-state index contributed by atoms with van der Waals surface area (Å²) in [7, 11) is 0. The predicted octanol–water partition coefficient (Wildman–Crippen LogP) is 2.64. The molecule has 76 valence electrons. The van der Waals surface area contributed by atoms with Gasteiger partial charge in [-0.2, -0.15) is 0 Å². The number of rotatable bonds is 2. The number of aliphatic carboxylic acids is 1. The number of carboxylic acid groups (broad SMARTS) is 1. The van der Waals surface area contributed by atoms with Crippen LogP contribution in [0.1, 0.15) is 17.2 Å². The number of aryl methyl sites for hydroxylation is 1. The fourth-order valence-corrected chi connectivity index (χ4v) is 2.94. The van der Waals surface area contributed by atoms with Gasteiger partial charge < -0.3 is 10.2 Å². The van der Waals surface area contributed by atoms with Crippen molar-refractivity contribution in [1.82, 2.24) is 0 Å². The van der Waals surface area contributed by atoms with E-state index in [1.165, 1.54) is 0 Å². The second kappa shape index (κ2) is 4.42. The molecule has 0 aliphatic rings. The summed E-state index contributed by atoms with van der Waals surface area (Å²) in [5.74, 6) is -1.27. The van der Waals surface area contributed by atoms with Gasteiger partial charge in [-0.1, -0.05) is 31.9 Å². The molecule has 0 radical (unpaired) electrons. The van der Waals surface area contributed by atoms with Gasteiger partial charge in [-0.3, -0.25) is 0 Å². The maximum Gasteiger partial charge on any atom is 0.337 e. The molecule has 0 spiro atoms. The first-order valence-electron chi connectivity index (χ1n) is 3.80. The summed E-state index contributed by atoms with van der Waals surface area (Å²) in [6.45, 7) is 1.88. The third-order valence-corrected chi connectivity index (χ3v) is 3.04. The minimum Gasteiger partial charge on any atom is -0.479 e. The molecule has 0 saturated heterocycles. The van der Waals surface area contributed by atoms with E-state index in [0.717, 1.165) is 5.56 Å².